The van der Waals surface area contributed by atoms with Gasteiger partial charge in [-0.3, -0.25) is 9.59 Å². The minimum atomic E-state index is -0.442. The molecule has 12 heteroatoms. The fourth-order valence-electron chi connectivity index (χ4n) is 7.37. The Morgan fingerprint density at radius 3 is 1.24 bits per heavy atom. The summed E-state index contributed by atoms with van der Waals surface area (Å²) in [7, 11) is 0. The quantitative estimate of drug-likeness (QED) is 0.433. The molecule has 0 spiro atoms. The fourth-order valence-corrected chi connectivity index (χ4v) is 7.37. The van der Waals surface area contributed by atoms with E-state index in [1.54, 1.807) is 9.80 Å². The van der Waals surface area contributed by atoms with E-state index in [0.29, 0.717) is 88.4 Å². The molecule has 1 aromatic rings. The van der Waals surface area contributed by atoms with E-state index < -0.39 is 12.2 Å². The van der Waals surface area contributed by atoms with Crippen molar-refractivity contribution in [2.75, 3.05) is 78.7 Å². The van der Waals surface area contributed by atoms with Gasteiger partial charge in [-0.05, 0) is 88.4 Å². The second kappa shape index (κ2) is 18.7. The first kappa shape index (κ1) is 37.0. The number of benzene rings is 1. The molecule has 2 saturated carbocycles. The van der Waals surface area contributed by atoms with Crippen molar-refractivity contribution in [1.29, 1.82) is 0 Å². The summed E-state index contributed by atoms with van der Waals surface area (Å²) in [5.41, 5.74) is 12.9. The molecule has 1 aromatic carbocycles. The second-order valence-corrected chi connectivity index (χ2v) is 13.8. The topological polar surface area (TPSA) is 152 Å². The van der Waals surface area contributed by atoms with Gasteiger partial charge in [0.05, 0.1) is 0 Å². The van der Waals surface area contributed by atoms with Crippen molar-refractivity contribution < 1.29 is 28.7 Å². The Hall–Kier alpha value is -4.26. The molecule has 0 bridgehead atoms. The lowest BCUT2D eigenvalue weighted by atomic mass is 9.81. The van der Waals surface area contributed by atoms with E-state index in [1.807, 2.05) is 34.1 Å². The second-order valence-electron chi connectivity index (χ2n) is 13.8. The standard InChI is InChI=1S/C38H52N6O6/c39-27-29-9-13-33(14-10-29)35(45)41-17-21-43(22-18-41)37(47)49-25-3-7-31-5-1-2-6-32(31)8-4-26-50-38(48)44-23-19-42(20-24-44)36(46)34-15-11-30(28-40)12-16-34/h1-2,5-6,29-30,33-34H,9-28,39-40H2. The molecule has 0 aromatic heterocycles. The van der Waals surface area contributed by atoms with Crippen LogP contribution in [0.4, 0.5) is 9.59 Å². The maximum absolute atomic E-state index is 13.0. The molecule has 0 atom stereocenters. The lowest BCUT2D eigenvalue weighted by molar-refractivity contribution is -0.139. The lowest BCUT2D eigenvalue weighted by Crippen LogP contribution is -2.52. The van der Waals surface area contributed by atoms with Crippen molar-refractivity contribution in [3.8, 4) is 23.7 Å². The van der Waals surface area contributed by atoms with Crippen LogP contribution in [0.1, 0.15) is 62.5 Å². The first-order chi connectivity index (χ1) is 24.4. The summed E-state index contributed by atoms with van der Waals surface area (Å²) < 4.78 is 10.8. The Balaban J connectivity index is 0.991. The van der Waals surface area contributed by atoms with Crippen LogP contribution in [0.3, 0.4) is 0 Å². The normalized spacial score (nSPS) is 23.9. The van der Waals surface area contributed by atoms with Gasteiger partial charge in [-0.15, -0.1) is 0 Å². The zero-order valence-electron chi connectivity index (χ0n) is 29.2. The number of nitrogens with zero attached hydrogens (tertiary/aromatic N) is 4. The van der Waals surface area contributed by atoms with E-state index in [4.69, 9.17) is 20.9 Å². The Bertz CT molecular complexity index is 1340. The SMILES string of the molecule is NCC1CCC(C(=O)N2CCN(C(=O)OCC#Cc3ccccc3C#CCOC(=O)N3CCN(C(=O)C4CCC(CN)CC4)CC3)CC2)CC1. The third-order valence-corrected chi connectivity index (χ3v) is 10.7. The maximum Gasteiger partial charge on any atom is 0.410 e. The van der Waals surface area contributed by atoms with E-state index in [0.717, 1.165) is 51.4 Å². The average molecular weight is 689 g/mol. The van der Waals surface area contributed by atoms with Crippen LogP contribution in [0.25, 0.3) is 0 Å². The smallest absolute Gasteiger partial charge is 0.410 e. The number of rotatable bonds is 6. The molecule has 2 aliphatic heterocycles. The molecule has 2 aliphatic carbocycles. The maximum atomic E-state index is 13.0. The van der Waals surface area contributed by atoms with E-state index in [9.17, 15) is 19.2 Å². The number of carbonyl (C=O) groups is 4. The molecule has 50 heavy (non-hydrogen) atoms. The van der Waals surface area contributed by atoms with Crippen LogP contribution in [0.5, 0.6) is 0 Å². The molecule has 4 fully saturated rings. The van der Waals surface area contributed by atoms with Gasteiger partial charge in [0.25, 0.3) is 0 Å². The van der Waals surface area contributed by atoms with Crippen LogP contribution in [0.2, 0.25) is 0 Å². The summed E-state index contributed by atoms with van der Waals surface area (Å²) >= 11 is 0. The summed E-state index contributed by atoms with van der Waals surface area (Å²) in [6, 6.07) is 7.35. The predicted molar refractivity (Wildman–Crippen MR) is 188 cm³/mol. The third-order valence-electron chi connectivity index (χ3n) is 10.7. The number of nitrogens with two attached hydrogens (primary N) is 2. The molecule has 270 valence electrons. The first-order valence-electron chi connectivity index (χ1n) is 18.2. The van der Waals surface area contributed by atoms with E-state index >= 15 is 0 Å². The summed E-state index contributed by atoms with van der Waals surface area (Å²) in [4.78, 5) is 58.2. The lowest BCUT2D eigenvalue weighted by Gasteiger charge is -2.37. The molecule has 2 heterocycles. The van der Waals surface area contributed by atoms with Gasteiger partial charge in [0.15, 0.2) is 13.2 Å². The van der Waals surface area contributed by atoms with Crippen LogP contribution < -0.4 is 11.5 Å². The van der Waals surface area contributed by atoms with Gasteiger partial charge >= 0.3 is 12.2 Å². The van der Waals surface area contributed by atoms with E-state index in [-0.39, 0.29) is 36.9 Å². The summed E-state index contributed by atoms with van der Waals surface area (Å²) in [6.07, 6.45) is 6.72. The number of hydrogen-bond acceptors (Lipinski definition) is 8. The van der Waals surface area contributed by atoms with Crippen molar-refractivity contribution in [3.63, 3.8) is 0 Å². The first-order valence-corrected chi connectivity index (χ1v) is 18.2. The zero-order chi connectivity index (χ0) is 35.3. The van der Waals surface area contributed by atoms with Crippen LogP contribution in [-0.4, -0.2) is 122 Å². The molecule has 0 unspecified atom stereocenters. The van der Waals surface area contributed by atoms with Crippen LogP contribution in [-0.2, 0) is 19.1 Å². The number of amides is 4. The van der Waals surface area contributed by atoms with Crippen molar-refractivity contribution in [1.82, 2.24) is 19.6 Å². The summed E-state index contributed by atoms with van der Waals surface area (Å²) in [5.74, 6) is 13.4. The minimum absolute atomic E-state index is 0.0662. The van der Waals surface area contributed by atoms with Crippen molar-refractivity contribution in [3.05, 3.63) is 35.4 Å². The van der Waals surface area contributed by atoms with Crippen molar-refractivity contribution in [2.45, 2.75) is 51.4 Å². The highest BCUT2D eigenvalue weighted by Crippen LogP contribution is 2.31. The molecule has 4 N–H and O–H groups in total. The highest BCUT2D eigenvalue weighted by atomic mass is 16.6. The number of carbonyl (C=O) groups excluding carboxylic acids is 4. The molecule has 5 rings (SSSR count). The Morgan fingerprint density at radius 2 is 0.900 bits per heavy atom. The highest BCUT2D eigenvalue weighted by molar-refractivity contribution is 5.80. The number of piperazine rings is 2. The van der Waals surface area contributed by atoms with Crippen LogP contribution in [0, 0.1) is 47.4 Å². The Kier molecular flexibility index (Phi) is 13.8. The molecule has 0 radical (unpaired) electrons. The van der Waals surface area contributed by atoms with E-state index in [2.05, 4.69) is 23.7 Å². The number of ether oxygens (including phenoxy) is 2. The zero-order valence-corrected chi connectivity index (χ0v) is 29.2. The van der Waals surface area contributed by atoms with E-state index in [1.165, 1.54) is 0 Å². The minimum Gasteiger partial charge on any atom is -0.436 e. The Morgan fingerprint density at radius 1 is 0.560 bits per heavy atom. The van der Waals surface area contributed by atoms with Gasteiger partial charge < -0.3 is 40.5 Å². The van der Waals surface area contributed by atoms with Crippen LogP contribution in [0.15, 0.2) is 24.3 Å². The van der Waals surface area contributed by atoms with Gasteiger partial charge in [0, 0.05) is 75.3 Å². The van der Waals surface area contributed by atoms with Gasteiger partial charge in [0.1, 0.15) is 0 Å². The molecular weight excluding hydrogens is 636 g/mol. The van der Waals surface area contributed by atoms with Gasteiger partial charge in [-0.2, -0.15) is 0 Å². The molecule has 4 amide bonds. The average Bonchev–Trinajstić information content (AvgIpc) is 3.18. The van der Waals surface area contributed by atoms with Crippen LogP contribution >= 0.6 is 0 Å². The van der Waals surface area contributed by atoms with Crippen molar-refractivity contribution in [2.24, 2.45) is 35.1 Å². The Labute approximate surface area is 296 Å². The van der Waals surface area contributed by atoms with Gasteiger partial charge in [-0.25, -0.2) is 9.59 Å². The summed E-state index contributed by atoms with van der Waals surface area (Å²) in [5, 5.41) is 0. The number of hydrogen-bond donors (Lipinski definition) is 2. The third kappa shape index (κ3) is 10.1. The highest BCUT2D eigenvalue weighted by Gasteiger charge is 2.33. The fraction of sp³-hybridized carbons (Fsp3) is 0.632. The summed E-state index contributed by atoms with van der Waals surface area (Å²) in [6.45, 7) is 5.00. The largest absolute Gasteiger partial charge is 0.436 e. The van der Waals surface area contributed by atoms with Crippen molar-refractivity contribution >= 4 is 24.0 Å². The molecular formula is C38H52N6O6. The van der Waals surface area contributed by atoms with Gasteiger partial charge in [0.2, 0.25) is 11.8 Å². The molecule has 4 aliphatic rings. The molecule has 2 saturated heterocycles. The monoisotopic (exact) mass is 688 g/mol. The molecule has 12 nitrogen and oxygen atoms in total. The predicted octanol–water partition coefficient (Wildman–Crippen LogP) is 2.48. The van der Waals surface area contributed by atoms with Gasteiger partial charge in [-0.1, -0.05) is 35.8 Å².